The Kier molecular flexibility index (Phi) is 2.30. The number of carbonyl (C=O) groups excluding carboxylic acids is 1. The number of fused-ring (bicyclic) bond motifs is 3. The summed E-state index contributed by atoms with van der Waals surface area (Å²) < 4.78 is 40.5. The molecule has 1 amide bonds. The molecule has 0 radical (unpaired) electrons. The summed E-state index contributed by atoms with van der Waals surface area (Å²) in [6, 6.07) is 1.03. The Labute approximate surface area is 104 Å². The van der Waals surface area contributed by atoms with Gasteiger partial charge in [0, 0.05) is 11.4 Å². The van der Waals surface area contributed by atoms with Crippen LogP contribution in [0, 0.1) is 5.95 Å². The predicted molar refractivity (Wildman–Crippen MR) is 57.8 cm³/mol. The Hall–Kier alpha value is -2.16. The lowest BCUT2D eigenvalue weighted by Gasteiger charge is -2.23. The van der Waals surface area contributed by atoms with Crippen LogP contribution >= 0.6 is 0 Å². The van der Waals surface area contributed by atoms with Gasteiger partial charge in [0.25, 0.3) is 0 Å². The van der Waals surface area contributed by atoms with E-state index in [2.05, 4.69) is 10.1 Å². The summed E-state index contributed by atoms with van der Waals surface area (Å²) in [6.07, 6.45) is 1.69. The number of amides is 1. The molecule has 9 heteroatoms. The van der Waals surface area contributed by atoms with E-state index in [1.807, 2.05) is 0 Å². The van der Waals surface area contributed by atoms with Gasteiger partial charge in [-0.3, -0.25) is 4.79 Å². The van der Waals surface area contributed by atoms with Crippen molar-refractivity contribution in [3.63, 3.8) is 0 Å². The van der Waals surface area contributed by atoms with Crippen LogP contribution in [0.15, 0.2) is 12.3 Å². The van der Waals surface area contributed by atoms with Crippen molar-refractivity contribution >= 4 is 17.7 Å². The van der Waals surface area contributed by atoms with Crippen molar-refractivity contribution in [3.8, 4) is 0 Å². The molecule has 3 rings (SSSR count). The van der Waals surface area contributed by atoms with Gasteiger partial charge in [-0.1, -0.05) is 0 Å². The summed E-state index contributed by atoms with van der Waals surface area (Å²) in [7, 11) is 0. The summed E-state index contributed by atoms with van der Waals surface area (Å²) in [4.78, 5) is 15.9. The monoisotopic (exact) mass is 271 g/mol. The lowest BCUT2D eigenvalue weighted by Crippen LogP contribution is -2.39. The lowest BCUT2D eigenvalue weighted by molar-refractivity contribution is -0.227. The molecular weight excluding hydrogens is 263 g/mol. The van der Waals surface area contributed by atoms with Crippen LogP contribution in [-0.2, 0) is 10.3 Å². The average molecular weight is 271 g/mol. The molecule has 2 aromatic rings. The first-order valence-corrected chi connectivity index (χ1v) is 5.36. The molecule has 1 aliphatic heterocycles. The Morgan fingerprint density at radius 3 is 2.89 bits per heavy atom. The van der Waals surface area contributed by atoms with E-state index in [1.54, 1.807) is 0 Å². The number of aromatic nitrogens is 3. The fourth-order valence-corrected chi connectivity index (χ4v) is 2.33. The number of rotatable bonds is 2. The summed E-state index contributed by atoms with van der Waals surface area (Å²) in [5, 5.41) is 2.51. The molecule has 2 aromatic heterocycles. The summed E-state index contributed by atoms with van der Waals surface area (Å²) in [6.45, 7) is 0.982. The number of anilines is 1. The third-order valence-corrected chi connectivity index (χ3v) is 3.23. The van der Waals surface area contributed by atoms with Crippen LogP contribution in [0.3, 0.4) is 0 Å². The van der Waals surface area contributed by atoms with Crippen LogP contribution in [0.2, 0.25) is 0 Å². The van der Waals surface area contributed by atoms with Crippen LogP contribution in [0.25, 0.3) is 5.65 Å². The topological polar surface area (TPSA) is 53.7 Å². The van der Waals surface area contributed by atoms with Crippen molar-refractivity contribution in [2.24, 2.45) is 0 Å². The summed E-state index contributed by atoms with van der Waals surface area (Å²) in [5.41, 5.74) is -1.44. The minimum Gasteiger partial charge on any atom is -0.309 e. The number of hydrogen-bond acceptors (Lipinski definition) is 4. The van der Waals surface area contributed by atoms with Gasteiger partial charge in [-0.2, -0.15) is 4.39 Å². The van der Waals surface area contributed by atoms with Gasteiger partial charge in [-0.05, 0) is 6.92 Å². The van der Waals surface area contributed by atoms with E-state index < -0.39 is 16.8 Å². The Morgan fingerprint density at radius 1 is 1.53 bits per heavy atom. The van der Waals surface area contributed by atoms with Crippen molar-refractivity contribution in [3.05, 3.63) is 23.9 Å². The molecular formula is C10H8F3N5O. The first kappa shape index (κ1) is 11.9. The molecule has 0 saturated heterocycles. The van der Waals surface area contributed by atoms with Crippen molar-refractivity contribution in [1.82, 2.24) is 19.9 Å². The Balaban J connectivity index is 2.36. The van der Waals surface area contributed by atoms with Gasteiger partial charge in [0.1, 0.15) is 5.54 Å². The van der Waals surface area contributed by atoms with E-state index in [0.29, 0.717) is 6.41 Å². The van der Waals surface area contributed by atoms with Crippen LogP contribution < -0.4 is 4.90 Å². The lowest BCUT2D eigenvalue weighted by atomic mass is 10.0. The van der Waals surface area contributed by atoms with Crippen molar-refractivity contribution < 1.29 is 18.1 Å². The number of hydrogen-bond donors (Lipinski definition) is 0. The van der Waals surface area contributed by atoms with Gasteiger partial charge < -0.3 is 4.90 Å². The van der Waals surface area contributed by atoms with Crippen LogP contribution in [0.1, 0.15) is 12.6 Å². The fraction of sp³-hybridized carbons (Fsp3) is 0.300. The third kappa shape index (κ3) is 1.44. The molecule has 3 heterocycles. The second kappa shape index (κ2) is 3.67. The summed E-state index contributed by atoms with van der Waals surface area (Å²) in [5.74, 6) is -0.822. The van der Waals surface area contributed by atoms with Gasteiger partial charge in [-0.15, -0.1) is 14.1 Å². The molecule has 0 aliphatic carbocycles. The standard InChI is InChI=1S/C10H8F3N5O/c1-10(18(12)13)4-16(5-19)6-3-14-8-2-7(11)15-17(8)9(6)10/h2-3,5H,4H2,1H3. The normalized spacial score (nSPS) is 22.3. The van der Waals surface area contributed by atoms with Crippen LogP contribution in [0.5, 0.6) is 0 Å². The molecule has 0 aromatic carbocycles. The molecule has 19 heavy (non-hydrogen) atoms. The fourth-order valence-electron chi connectivity index (χ4n) is 2.33. The van der Waals surface area contributed by atoms with Crippen molar-refractivity contribution in [2.45, 2.75) is 12.5 Å². The zero-order valence-corrected chi connectivity index (χ0v) is 9.72. The highest BCUT2D eigenvalue weighted by molar-refractivity contribution is 5.80. The Morgan fingerprint density at radius 2 is 2.26 bits per heavy atom. The molecule has 0 bridgehead atoms. The molecule has 0 spiro atoms. The number of halogens is 3. The molecule has 1 unspecified atom stereocenters. The largest absolute Gasteiger partial charge is 0.309 e. The van der Waals surface area contributed by atoms with Gasteiger partial charge in [-0.25, -0.2) is 9.50 Å². The minimum absolute atomic E-state index is 0.0264. The zero-order valence-electron chi connectivity index (χ0n) is 9.72. The SMILES string of the molecule is CC1(N(F)F)CN(C=O)c2cnc3cc(F)nn3c21. The first-order chi connectivity index (χ1) is 8.97. The van der Waals surface area contributed by atoms with Crippen LogP contribution in [0.4, 0.5) is 19.0 Å². The molecule has 1 aliphatic rings. The highest BCUT2D eigenvalue weighted by Crippen LogP contribution is 2.42. The van der Waals surface area contributed by atoms with Crippen molar-refractivity contribution in [1.29, 1.82) is 0 Å². The highest BCUT2D eigenvalue weighted by atomic mass is 19.4. The maximum absolute atomic E-state index is 13.2. The summed E-state index contributed by atoms with van der Waals surface area (Å²) >= 11 is 0. The van der Waals surface area contributed by atoms with E-state index in [0.717, 1.165) is 15.5 Å². The number of carbonyl (C=O) groups is 1. The highest BCUT2D eigenvalue weighted by Gasteiger charge is 2.48. The van der Waals surface area contributed by atoms with E-state index in [4.69, 9.17) is 0 Å². The second-order valence-electron chi connectivity index (χ2n) is 4.47. The van der Waals surface area contributed by atoms with Gasteiger partial charge in [0.2, 0.25) is 12.4 Å². The van der Waals surface area contributed by atoms with Gasteiger partial charge in [0.15, 0.2) is 5.65 Å². The zero-order chi connectivity index (χ0) is 13.8. The van der Waals surface area contributed by atoms with E-state index in [-0.39, 0.29) is 23.6 Å². The van der Waals surface area contributed by atoms with E-state index in [1.165, 1.54) is 13.1 Å². The van der Waals surface area contributed by atoms with Gasteiger partial charge in [0.05, 0.1) is 24.1 Å². The van der Waals surface area contributed by atoms with Crippen molar-refractivity contribution in [2.75, 3.05) is 11.4 Å². The molecule has 100 valence electrons. The Bertz CT molecular complexity index is 672. The molecule has 1 atom stereocenters. The second-order valence-corrected chi connectivity index (χ2v) is 4.47. The van der Waals surface area contributed by atoms with Gasteiger partial charge >= 0.3 is 0 Å². The minimum atomic E-state index is -1.77. The predicted octanol–water partition coefficient (Wildman–Crippen LogP) is 1.13. The molecule has 0 saturated carbocycles. The molecule has 0 fully saturated rings. The third-order valence-electron chi connectivity index (χ3n) is 3.23. The quantitative estimate of drug-likeness (QED) is 0.607. The smallest absolute Gasteiger partial charge is 0.235 e. The van der Waals surface area contributed by atoms with Crippen LogP contribution in [-0.4, -0.2) is 32.9 Å². The number of nitrogens with zero attached hydrogens (tertiary/aromatic N) is 5. The maximum atomic E-state index is 13.2. The van der Waals surface area contributed by atoms with E-state index >= 15 is 0 Å². The van der Waals surface area contributed by atoms with E-state index in [9.17, 15) is 18.1 Å². The average Bonchev–Trinajstić information content (AvgIpc) is 2.87. The molecule has 6 nitrogen and oxygen atoms in total. The maximum Gasteiger partial charge on any atom is 0.235 e. The molecule has 0 N–H and O–H groups in total. The first-order valence-electron chi connectivity index (χ1n) is 5.36.